The molecule has 0 spiro atoms. The summed E-state index contributed by atoms with van der Waals surface area (Å²) >= 11 is 0. The molecule has 1 saturated carbocycles. The second-order valence-electron chi connectivity index (χ2n) is 5.69. The zero-order valence-electron chi connectivity index (χ0n) is 11.0. The lowest BCUT2D eigenvalue weighted by molar-refractivity contribution is -0.152. The van der Waals surface area contributed by atoms with E-state index < -0.39 is 6.04 Å². The number of nitrogens with zero attached hydrogens (tertiary/aromatic N) is 1. The molecule has 1 aliphatic heterocycles. The number of nitrogens with one attached hydrogen (secondary N) is 1. The van der Waals surface area contributed by atoms with E-state index in [1.54, 1.807) is 0 Å². The fourth-order valence-electron chi connectivity index (χ4n) is 3.58. The maximum atomic E-state index is 12.6. The number of fused-ring (bicyclic) bond motifs is 2. The highest BCUT2D eigenvalue weighted by Crippen LogP contribution is 2.44. The molecule has 4 atom stereocenters. The predicted molar refractivity (Wildman–Crippen MR) is 67.8 cm³/mol. The Kier molecular flexibility index (Phi) is 2.92. The summed E-state index contributed by atoms with van der Waals surface area (Å²) in [6, 6.07) is -0.492. The first-order chi connectivity index (χ1) is 9.10. The normalized spacial score (nSPS) is 36.8. The van der Waals surface area contributed by atoms with E-state index in [4.69, 9.17) is 0 Å². The third-order valence-electron chi connectivity index (χ3n) is 4.52. The van der Waals surface area contributed by atoms with Crippen LogP contribution in [0.4, 0.5) is 0 Å². The molecular formula is C14H18N2O3. The van der Waals surface area contributed by atoms with Crippen molar-refractivity contribution in [2.45, 2.75) is 32.2 Å². The SMILES string of the molecule is CCC1C(=O)NC(=O)CN1C(=O)C1CC2C=CC1C2. The summed E-state index contributed by atoms with van der Waals surface area (Å²) in [6.07, 6.45) is 6.74. The monoisotopic (exact) mass is 262 g/mol. The molecule has 0 aromatic heterocycles. The van der Waals surface area contributed by atoms with E-state index in [1.165, 1.54) is 4.90 Å². The number of allylic oxidation sites excluding steroid dienone is 2. The van der Waals surface area contributed by atoms with Gasteiger partial charge in [0, 0.05) is 5.92 Å². The van der Waals surface area contributed by atoms with E-state index in [2.05, 4.69) is 17.5 Å². The number of hydrogen-bond acceptors (Lipinski definition) is 3. The van der Waals surface area contributed by atoms with Gasteiger partial charge in [0.15, 0.2) is 0 Å². The molecule has 102 valence electrons. The molecule has 5 heteroatoms. The van der Waals surface area contributed by atoms with E-state index in [0.717, 1.165) is 12.8 Å². The molecular weight excluding hydrogens is 244 g/mol. The van der Waals surface area contributed by atoms with Crippen LogP contribution in [0.25, 0.3) is 0 Å². The highest BCUT2D eigenvalue weighted by Gasteiger charge is 2.45. The minimum atomic E-state index is -0.492. The van der Waals surface area contributed by atoms with Crippen LogP contribution in [0.2, 0.25) is 0 Å². The van der Waals surface area contributed by atoms with Gasteiger partial charge in [-0.25, -0.2) is 0 Å². The molecule has 19 heavy (non-hydrogen) atoms. The fourth-order valence-corrected chi connectivity index (χ4v) is 3.58. The Hall–Kier alpha value is -1.65. The van der Waals surface area contributed by atoms with Gasteiger partial charge in [0.2, 0.25) is 17.7 Å². The molecule has 3 amide bonds. The summed E-state index contributed by atoms with van der Waals surface area (Å²) in [7, 11) is 0. The second-order valence-corrected chi connectivity index (χ2v) is 5.69. The second kappa shape index (κ2) is 4.47. The van der Waals surface area contributed by atoms with E-state index in [0.29, 0.717) is 18.3 Å². The largest absolute Gasteiger partial charge is 0.321 e. The number of carbonyl (C=O) groups is 3. The fraction of sp³-hybridized carbons (Fsp3) is 0.643. The number of amides is 3. The van der Waals surface area contributed by atoms with Crippen molar-refractivity contribution in [3.63, 3.8) is 0 Å². The van der Waals surface area contributed by atoms with Crippen LogP contribution in [0, 0.1) is 17.8 Å². The molecule has 1 N–H and O–H groups in total. The Morgan fingerprint density at radius 1 is 1.37 bits per heavy atom. The van der Waals surface area contributed by atoms with Crippen LogP contribution in [0.1, 0.15) is 26.2 Å². The third-order valence-corrected chi connectivity index (χ3v) is 4.52. The lowest BCUT2D eigenvalue weighted by atomic mass is 9.91. The molecule has 2 fully saturated rings. The Labute approximate surface area is 112 Å². The highest BCUT2D eigenvalue weighted by molar-refractivity contribution is 6.04. The van der Waals surface area contributed by atoms with Crippen LogP contribution in [0.5, 0.6) is 0 Å². The standard InChI is InChI=1S/C14H18N2O3/c1-2-11-13(18)15-12(17)7-16(11)14(19)10-6-8-3-4-9(10)5-8/h3-4,8-11H,2,5-7H2,1H3,(H,15,17,18). The van der Waals surface area contributed by atoms with Crippen LogP contribution in [-0.4, -0.2) is 35.2 Å². The van der Waals surface area contributed by atoms with Crippen LogP contribution in [0.3, 0.4) is 0 Å². The molecule has 2 bridgehead atoms. The Morgan fingerprint density at radius 2 is 2.16 bits per heavy atom. The highest BCUT2D eigenvalue weighted by atomic mass is 16.2. The molecule has 0 aromatic rings. The first-order valence-electron chi connectivity index (χ1n) is 6.92. The van der Waals surface area contributed by atoms with E-state index >= 15 is 0 Å². The van der Waals surface area contributed by atoms with Crippen molar-refractivity contribution in [2.24, 2.45) is 17.8 Å². The van der Waals surface area contributed by atoms with Crippen molar-refractivity contribution in [3.05, 3.63) is 12.2 Å². The first kappa shape index (κ1) is 12.4. The summed E-state index contributed by atoms with van der Waals surface area (Å²) < 4.78 is 0. The van der Waals surface area contributed by atoms with Crippen LogP contribution >= 0.6 is 0 Å². The minimum Gasteiger partial charge on any atom is -0.321 e. The zero-order valence-corrected chi connectivity index (χ0v) is 11.0. The minimum absolute atomic E-state index is 0.0146. The van der Waals surface area contributed by atoms with Crippen molar-refractivity contribution in [3.8, 4) is 0 Å². The Balaban J connectivity index is 1.79. The average Bonchev–Trinajstić information content (AvgIpc) is 2.99. The van der Waals surface area contributed by atoms with Gasteiger partial charge < -0.3 is 4.90 Å². The van der Waals surface area contributed by atoms with Crippen LogP contribution in [-0.2, 0) is 14.4 Å². The van der Waals surface area contributed by atoms with Gasteiger partial charge in [0.05, 0.1) is 0 Å². The summed E-state index contributed by atoms with van der Waals surface area (Å²) in [5.41, 5.74) is 0. The van der Waals surface area contributed by atoms with E-state index in [9.17, 15) is 14.4 Å². The summed E-state index contributed by atoms with van der Waals surface area (Å²) in [5.74, 6) is 0.0330. The van der Waals surface area contributed by atoms with Gasteiger partial charge in [-0.2, -0.15) is 0 Å². The number of rotatable bonds is 2. The lowest BCUT2D eigenvalue weighted by Gasteiger charge is -2.36. The van der Waals surface area contributed by atoms with Crippen molar-refractivity contribution in [1.82, 2.24) is 10.2 Å². The molecule has 1 heterocycles. The number of piperazine rings is 1. The third kappa shape index (κ3) is 1.97. The number of hydrogen-bond donors (Lipinski definition) is 1. The molecule has 4 unspecified atom stereocenters. The summed E-state index contributed by atoms with van der Waals surface area (Å²) in [4.78, 5) is 37.4. The summed E-state index contributed by atoms with van der Waals surface area (Å²) in [5, 5.41) is 2.30. The molecule has 3 rings (SSSR count). The first-order valence-corrected chi connectivity index (χ1v) is 6.92. The molecule has 1 saturated heterocycles. The number of carbonyl (C=O) groups excluding carboxylic acids is 3. The van der Waals surface area contributed by atoms with Crippen LogP contribution < -0.4 is 5.32 Å². The van der Waals surface area contributed by atoms with Gasteiger partial charge >= 0.3 is 0 Å². The maximum absolute atomic E-state index is 12.6. The molecule has 5 nitrogen and oxygen atoms in total. The molecule has 0 aromatic carbocycles. The van der Waals surface area contributed by atoms with Crippen molar-refractivity contribution < 1.29 is 14.4 Å². The topological polar surface area (TPSA) is 66.5 Å². The van der Waals surface area contributed by atoms with Crippen molar-refractivity contribution >= 4 is 17.7 Å². The van der Waals surface area contributed by atoms with Gasteiger partial charge in [-0.3, -0.25) is 19.7 Å². The van der Waals surface area contributed by atoms with Gasteiger partial charge in [-0.05, 0) is 31.1 Å². The molecule has 3 aliphatic rings. The van der Waals surface area contributed by atoms with Gasteiger partial charge in [0.1, 0.15) is 12.6 Å². The van der Waals surface area contributed by atoms with Gasteiger partial charge in [-0.1, -0.05) is 19.1 Å². The Bertz CT molecular complexity index is 471. The van der Waals surface area contributed by atoms with Crippen molar-refractivity contribution in [1.29, 1.82) is 0 Å². The van der Waals surface area contributed by atoms with E-state index in [1.807, 2.05) is 6.92 Å². The Morgan fingerprint density at radius 3 is 2.74 bits per heavy atom. The lowest BCUT2D eigenvalue weighted by Crippen LogP contribution is -2.60. The van der Waals surface area contributed by atoms with Gasteiger partial charge in [-0.15, -0.1) is 0 Å². The number of imide groups is 1. The smallest absolute Gasteiger partial charge is 0.249 e. The maximum Gasteiger partial charge on any atom is 0.249 e. The molecule has 0 radical (unpaired) electrons. The van der Waals surface area contributed by atoms with Crippen molar-refractivity contribution in [2.75, 3.05) is 6.54 Å². The van der Waals surface area contributed by atoms with Gasteiger partial charge in [0.25, 0.3) is 0 Å². The quantitative estimate of drug-likeness (QED) is 0.581. The van der Waals surface area contributed by atoms with Crippen LogP contribution in [0.15, 0.2) is 12.2 Å². The van der Waals surface area contributed by atoms with E-state index in [-0.39, 0.29) is 30.2 Å². The average molecular weight is 262 g/mol. The molecule has 2 aliphatic carbocycles. The predicted octanol–water partition coefficient (Wildman–Crippen LogP) is 0.462. The zero-order chi connectivity index (χ0) is 13.6. The summed E-state index contributed by atoms with van der Waals surface area (Å²) in [6.45, 7) is 1.88.